The lowest BCUT2D eigenvalue weighted by Crippen LogP contribution is -2.31. The topological polar surface area (TPSA) is 89.3 Å². The maximum Gasteiger partial charge on any atom is 0.136 e. The first-order valence-electron chi connectivity index (χ1n) is 12.3. The third kappa shape index (κ3) is 4.75. The lowest BCUT2D eigenvalue weighted by Gasteiger charge is -2.32. The first kappa shape index (κ1) is 24.5. The number of rotatable bonds is 5. The molecule has 3 N–H and O–H groups in total. The smallest absolute Gasteiger partial charge is 0.136 e. The van der Waals surface area contributed by atoms with Crippen molar-refractivity contribution in [2.24, 2.45) is 11.7 Å². The molecule has 1 fully saturated rings. The van der Waals surface area contributed by atoms with Gasteiger partial charge in [0.2, 0.25) is 0 Å². The number of hydrogen-bond acceptors (Lipinski definition) is 5. The van der Waals surface area contributed by atoms with Gasteiger partial charge in [-0.05, 0) is 92.0 Å². The number of halogens is 2. The van der Waals surface area contributed by atoms with Crippen molar-refractivity contribution in [2.45, 2.75) is 64.0 Å². The Morgan fingerprint density at radius 3 is 2.53 bits per heavy atom. The summed E-state index contributed by atoms with van der Waals surface area (Å²) in [5.74, 6) is 0.0110. The summed E-state index contributed by atoms with van der Waals surface area (Å²) >= 11 is 0. The van der Waals surface area contributed by atoms with Gasteiger partial charge in [-0.25, -0.2) is 18.3 Å². The highest BCUT2D eigenvalue weighted by Crippen LogP contribution is 2.37. The van der Waals surface area contributed by atoms with E-state index < -0.39 is 17.2 Å². The van der Waals surface area contributed by atoms with Crippen LogP contribution in [0.15, 0.2) is 48.9 Å². The Morgan fingerprint density at radius 1 is 1.08 bits per heavy atom. The van der Waals surface area contributed by atoms with Crippen LogP contribution in [0.5, 0.6) is 0 Å². The molecule has 3 heterocycles. The Hall–Kier alpha value is -3.23. The highest BCUT2D eigenvalue weighted by atomic mass is 19.1. The number of hydrogen-bond donors (Lipinski definition) is 2. The van der Waals surface area contributed by atoms with Crippen LogP contribution in [0.2, 0.25) is 0 Å². The van der Waals surface area contributed by atoms with E-state index in [1.807, 2.05) is 12.4 Å². The lowest BCUT2D eigenvalue weighted by molar-refractivity contribution is 0.0779. The molecule has 36 heavy (non-hydrogen) atoms. The summed E-state index contributed by atoms with van der Waals surface area (Å²) in [6.07, 6.45) is 8.91. The van der Waals surface area contributed by atoms with Crippen LogP contribution in [0.25, 0.3) is 16.8 Å². The largest absolute Gasteiger partial charge is 0.386 e. The Balaban J connectivity index is 1.51. The molecular weight excluding hydrogens is 460 g/mol. The van der Waals surface area contributed by atoms with Crippen LogP contribution in [-0.2, 0) is 12.0 Å². The van der Waals surface area contributed by atoms with Gasteiger partial charge in [-0.2, -0.15) is 5.10 Å². The van der Waals surface area contributed by atoms with Crippen LogP contribution in [0.1, 0.15) is 68.5 Å². The molecule has 1 aliphatic rings. The Morgan fingerprint density at radius 2 is 1.83 bits per heavy atom. The molecule has 1 saturated carbocycles. The minimum atomic E-state index is -1.36. The maximum atomic E-state index is 15.0. The van der Waals surface area contributed by atoms with Gasteiger partial charge >= 0.3 is 0 Å². The minimum Gasteiger partial charge on any atom is -0.386 e. The van der Waals surface area contributed by atoms with Crippen molar-refractivity contribution < 1.29 is 13.9 Å². The Bertz CT molecular complexity index is 1380. The Labute approximate surface area is 209 Å². The van der Waals surface area contributed by atoms with Crippen LogP contribution in [0.4, 0.5) is 8.78 Å². The minimum absolute atomic E-state index is 0.150. The van der Waals surface area contributed by atoms with Crippen molar-refractivity contribution in [3.05, 3.63) is 83.1 Å². The second kappa shape index (κ2) is 9.33. The molecule has 1 aromatic carbocycles. The van der Waals surface area contributed by atoms with E-state index in [9.17, 15) is 13.9 Å². The molecule has 0 bridgehead atoms. The van der Waals surface area contributed by atoms with Crippen molar-refractivity contribution in [3.63, 3.8) is 0 Å². The first-order chi connectivity index (χ1) is 17.1. The van der Waals surface area contributed by atoms with Gasteiger partial charge in [0, 0.05) is 24.9 Å². The van der Waals surface area contributed by atoms with Crippen LogP contribution in [0, 0.1) is 17.6 Å². The van der Waals surface area contributed by atoms with E-state index in [4.69, 9.17) is 5.73 Å². The summed E-state index contributed by atoms with van der Waals surface area (Å²) in [5, 5.41) is 14.7. The van der Waals surface area contributed by atoms with Crippen molar-refractivity contribution >= 4 is 5.52 Å². The number of nitrogens with zero attached hydrogens (tertiary/aromatic N) is 4. The van der Waals surface area contributed by atoms with Gasteiger partial charge in [-0.15, -0.1) is 0 Å². The summed E-state index contributed by atoms with van der Waals surface area (Å²) < 4.78 is 31.6. The van der Waals surface area contributed by atoms with E-state index in [0.717, 1.165) is 42.5 Å². The van der Waals surface area contributed by atoms with E-state index in [1.165, 1.54) is 19.4 Å². The van der Waals surface area contributed by atoms with Crippen molar-refractivity contribution in [3.8, 4) is 11.3 Å². The molecule has 0 amide bonds. The normalized spacial score (nSPS) is 20.7. The molecule has 5 rings (SSSR count). The zero-order valence-electron chi connectivity index (χ0n) is 20.7. The van der Waals surface area contributed by atoms with Crippen molar-refractivity contribution in [1.82, 2.24) is 19.6 Å². The monoisotopic (exact) mass is 491 g/mol. The summed E-state index contributed by atoms with van der Waals surface area (Å²) in [6.45, 7) is 5.21. The second-order valence-electron chi connectivity index (χ2n) is 10.6. The number of benzene rings is 1. The van der Waals surface area contributed by atoms with Crippen LogP contribution < -0.4 is 5.73 Å². The summed E-state index contributed by atoms with van der Waals surface area (Å²) in [6, 6.07) is 7.87. The van der Waals surface area contributed by atoms with Gasteiger partial charge in [0.05, 0.1) is 28.6 Å². The fourth-order valence-corrected chi connectivity index (χ4v) is 5.42. The van der Waals surface area contributed by atoms with Gasteiger partial charge in [-0.3, -0.25) is 4.98 Å². The highest BCUT2D eigenvalue weighted by Gasteiger charge is 2.27. The maximum absolute atomic E-state index is 15.0. The SMILES string of the molecule is C[C@@H]1C[C@H](N)C[C@H](c2ccncc2Cc2ncc3ccc(-c4c(F)cc(C(C)(C)O)cc4F)nn23)C1. The van der Waals surface area contributed by atoms with Crippen LogP contribution in [-0.4, -0.2) is 30.7 Å². The summed E-state index contributed by atoms with van der Waals surface area (Å²) in [4.78, 5) is 8.91. The van der Waals surface area contributed by atoms with E-state index in [1.54, 1.807) is 22.8 Å². The number of aliphatic hydroxyl groups is 1. The number of imidazole rings is 1. The van der Waals surface area contributed by atoms with E-state index in [2.05, 4.69) is 28.1 Å². The van der Waals surface area contributed by atoms with Gasteiger partial charge in [0.15, 0.2) is 0 Å². The summed E-state index contributed by atoms with van der Waals surface area (Å²) in [5.41, 5.74) is 8.03. The third-order valence-corrected chi connectivity index (χ3v) is 7.17. The van der Waals surface area contributed by atoms with Crippen molar-refractivity contribution in [2.75, 3.05) is 0 Å². The molecule has 1 aliphatic carbocycles. The van der Waals surface area contributed by atoms with Gasteiger partial charge in [0.1, 0.15) is 17.5 Å². The molecule has 0 spiro atoms. The molecule has 188 valence electrons. The number of fused-ring (bicyclic) bond motifs is 1. The molecular formula is C28H31F2N5O. The summed E-state index contributed by atoms with van der Waals surface area (Å²) in [7, 11) is 0. The average Bonchev–Trinajstić information content (AvgIpc) is 3.20. The van der Waals surface area contributed by atoms with Crippen molar-refractivity contribution in [1.29, 1.82) is 0 Å². The third-order valence-electron chi connectivity index (χ3n) is 7.17. The quantitative estimate of drug-likeness (QED) is 0.405. The fourth-order valence-electron chi connectivity index (χ4n) is 5.42. The number of nitrogens with two attached hydrogens (primary N) is 1. The van der Waals surface area contributed by atoms with E-state index in [0.29, 0.717) is 24.1 Å². The van der Waals surface area contributed by atoms with Gasteiger partial charge in [0.25, 0.3) is 0 Å². The second-order valence-corrected chi connectivity index (χ2v) is 10.6. The lowest BCUT2D eigenvalue weighted by atomic mass is 9.75. The zero-order chi connectivity index (χ0) is 25.6. The molecule has 0 saturated heterocycles. The fraction of sp³-hybridized carbons (Fsp3) is 0.393. The average molecular weight is 492 g/mol. The highest BCUT2D eigenvalue weighted by molar-refractivity contribution is 5.63. The molecule has 0 aliphatic heterocycles. The standard InChI is InChI=1S/C28H31F2N5O/c1-16-8-17(10-20(31)9-16)22-6-7-32-14-18(22)11-26-33-15-21-4-5-25(34-35(21)26)27-23(29)12-19(13-24(27)30)28(2,3)36/h4-7,12-17,20,36H,8-11,31H2,1-3H3/t16-,17+,20-/m0/s1. The zero-order valence-corrected chi connectivity index (χ0v) is 20.7. The molecule has 3 aromatic heterocycles. The molecule has 3 atom stereocenters. The number of pyridine rings is 1. The number of aromatic nitrogens is 4. The van der Waals surface area contributed by atoms with Gasteiger partial charge in [-0.1, -0.05) is 6.92 Å². The van der Waals surface area contributed by atoms with E-state index >= 15 is 0 Å². The molecule has 0 unspecified atom stereocenters. The predicted octanol–water partition coefficient (Wildman–Crippen LogP) is 5.12. The molecule has 8 heteroatoms. The van der Waals surface area contributed by atoms with Crippen LogP contribution in [0.3, 0.4) is 0 Å². The molecule has 0 radical (unpaired) electrons. The molecule has 4 aromatic rings. The Kier molecular flexibility index (Phi) is 6.34. The molecule has 6 nitrogen and oxygen atoms in total. The van der Waals surface area contributed by atoms with Gasteiger partial charge < -0.3 is 10.8 Å². The predicted molar refractivity (Wildman–Crippen MR) is 134 cm³/mol. The first-order valence-corrected chi connectivity index (χ1v) is 12.3. The van der Waals surface area contributed by atoms with E-state index in [-0.39, 0.29) is 22.9 Å². The van der Waals surface area contributed by atoms with Crippen LogP contribution >= 0.6 is 0 Å².